The summed E-state index contributed by atoms with van der Waals surface area (Å²) in [4.78, 5) is 25.1. The molecule has 0 saturated carbocycles. The van der Waals surface area contributed by atoms with Crippen molar-refractivity contribution in [2.45, 2.75) is 12.8 Å². The van der Waals surface area contributed by atoms with Gasteiger partial charge in [-0.25, -0.2) is 9.59 Å². The molecule has 6 heteroatoms. The van der Waals surface area contributed by atoms with Gasteiger partial charge < -0.3 is 14.4 Å². The van der Waals surface area contributed by atoms with Crippen LogP contribution in [0.1, 0.15) is 12.8 Å². The molecule has 0 aromatic carbocycles. The van der Waals surface area contributed by atoms with Gasteiger partial charge in [0, 0.05) is 31.8 Å². The Kier molecular flexibility index (Phi) is 5.12. The molecule has 0 N–H and O–H groups in total. The summed E-state index contributed by atoms with van der Waals surface area (Å²) < 4.78 is 9.43. The molecule has 0 saturated heterocycles. The molecule has 0 fully saturated rings. The molecular weight excluding hydrogens is 248 g/mol. The van der Waals surface area contributed by atoms with E-state index in [2.05, 4.69) is 0 Å². The summed E-state index contributed by atoms with van der Waals surface area (Å²) in [5.74, 6) is -1.50. The highest BCUT2D eigenvalue weighted by atomic mass is 16.5. The van der Waals surface area contributed by atoms with E-state index in [-0.39, 0.29) is 6.42 Å². The van der Waals surface area contributed by atoms with Crippen molar-refractivity contribution in [3.63, 3.8) is 0 Å². The molecule has 0 spiro atoms. The molecule has 1 heterocycles. The highest BCUT2D eigenvalue weighted by Gasteiger charge is 2.32. The topological polar surface area (TPSA) is 79.6 Å². The highest BCUT2D eigenvalue weighted by Crippen LogP contribution is 2.31. The SMILES string of the molecule is COC(=O)C1=CN(C)C=C(C(=O)OC)C1CCC#N. The lowest BCUT2D eigenvalue weighted by atomic mass is 9.86. The first-order valence-electron chi connectivity index (χ1n) is 5.74. The summed E-state index contributed by atoms with van der Waals surface area (Å²) in [6, 6.07) is 2.01. The number of methoxy groups -OCH3 is 2. The summed E-state index contributed by atoms with van der Waals surface area (Å²) in [6.45, 7) is 0. The normalized spacial score (nSPS) is 15.2. The minimum atomic E-state index is -0.510. The molecule has 6 nitrogen and oxygen atoms in total. The first kappa shape index (κ1) is 14.8. The van der Waals surface area contributed by atoms with Crippen LogP contribution >= 0.6 is 0 Å². The van der Waals surface area contributed by atoms with Crippen molar-refractivity contribution in [3.8, 4) is 6.07 Å². The molecule has 102 valence electrons. The zero-order valence-electron chi connectivity index (χ0n) is 11.2. The number of esters is 2. The van der Waals surface area contributed by atoms with Crippen LogP contribution in [0.15, 0.2) is 23.5 Å². The van der Waals surface area contributed by atoms with E-state index >= 15 is 0 Å². The van der Waals surface area contributed by atoms with Gasteiger partial charge in [0.25, 0.3) is 0 Å². The third-order valence-corrected chi connectivity index (χ3v) is 2.82. The number of carbonyl (C=O) groups excluding carboxylic acids is 2. The number of hydrogen-bond acceptors (Lipinski definition) is 6. The highest BCUT2D eigenvalue weighted by molar-refractivity contribution is 5.96. The fraction of sp³-hybridized carbons (Fsp3) is 0.462. The van der Waals surface area contributed by atoms with Gasteiger partial charge in [-0.2, -0.15) is 5.26 Å². The van der Waals surface area contributed by atoms with Crippen molar-refractivity contribution in [3.05, 3.63) is 23.5 Å². The van der Waals surface area contributed by atoms with E-state index in [0.29, 0.717) is 17.6 Å². The third-order valence-electron chi connectivity index (χ3n) is 2.82. The zero-order chi connectivity index (χ0) is 14.4. The number of carbonyl (C=O) groups is 2. The lowest BCUT2D eigenvalue weighted by Crippen LogP contribution is -2.28. The number of hydrogen-bond donors (Lipinski definition) is 0. The molecule has 0 aromatic rings. The van der Waals surface area contributed by atoms with E-state index in [1.54, 1.807) is 24.3 Å². The monoisotopic (exact) mass is 264 g/mol. The van der Waals surface area contributed by atoms with Crippen molar-refractivity contribution in [1.29, 1.82) is 5.26 Å². The lowest BCUT2D eigenvalue weighted by Gasteiger charge is -2.27. The maximum atomic E-state index is 11.8. The standard InChI is InChI=1S/C13H16N2O4/c1-15-7-10(12(16)18-2)9(5-4-6-14)11(8-15)13(17)19-3/h7-9H,4-5H2,1-3H3. The Labute approximate surface area is 111 Å². The summed E-state index contributed by atoms with van der Waals surface area (Å²) >= 11 is 0. The molecule has 0 aromatic heterocycles. The second kappa shape index (κ2) is 6.59. The number of nitrogens with zero attached hydrogens (tertiary/aromatic N) is 2. The van der Waals surface area contributed by atoms with E-state index in [1.165, 1.54) is 14.2 Å². The van der Waals surface area contributed by atoms with E-state index in [0.717, 1.165) is 0 Å². The summed E-state index contributed by atoms with van der Waals surface area (Å²) in [5.41, 5.74) is 0.700. The maximum Gasteiger partial charge on any atom is 0.335 e. The van der Waals surface area contributed by atoms with E-state index in [4.69, 9.17) is 14.7 Å². The van der Waals surface area contributed by atoms with Crippen molar-refractivity contribution in [1.82, 2.24) is 4.90 Å². The van der Waals surface area contributed by atoms with Gasteiger partial charge in [0.05, 0.1) is 31.4 Å². The Morgan fingerprint density at radius 2 is 1.74 bits per heavy atom. The van der Waals surface area contributed by atoms with Crippen LogP contribution in [-0.2, 0) is 19.1 Å². The molecule has 0 atom stereocenters. The van der Waals surface area contributed by atoms with Crippen molar-refractivity contribution in [2.75, 3.05) is 21.3 Å². The fourth-order valence-corrected chi connectivity index (χ4v) is 1.97. The Hall–Kier alpha value is -2.29. The van der Waals surface area contributed by atoms with E-state index in [1.807, 2.05) is 6.07 Å². The largest absolute Gasteiger partial charge is 0.466 e. The maximum absolute atomic E-state index is 11.8. The first-order chi connectivity index (χ1) is 9.04. The smallest absolute Gasteiger partial charge is 0.335 e. The Bertz CT molecular complexity index is 440. The second-order valence-corrected chi connectivity index (χ2v) is 4.07. The second-order valence-electron chi connectivity index (χ2n) is 4.07. The zero-order valence-corrected chi connectivity index (χ0v) is 11.2. The molecule has 0 radical (unpaired) electrons. The molecule has 0 aliphatic carbocycles. The van der Waals surface area contributed by atoms with E-state index in [9.17, 15) is 9.59 Å². The van der Waals surface area contributed by atoms with Gasteiger partial charge in [-0.3, -0.25) is 0 Å². The Morgan fingerprint density at radius 1 is 1.26 bits per heavy atom. The predicted octanol–water partition coefficient (Wildman–Crippen LogP) is 0.966. The van der Waals surface area contributed by atoms with Crippen LogP contribution in [-0.4, -0.2) is 38.1 Å². The molecule has 1 rings (SSSR count). The average molecular weight is 264 g/mol. The van der Waals surface area contributed by atoms with Gasteiger partial charge in [0.2, 0.25) is 0 Å². The van der Waals surface area contributed by atoms with Crippen molar-refractivity contribution >= 4 is 11.9 Å². The van der Waals surface area contributed by atoms with Crippen LogP contribution < -0.4 is 0 Å². The van der Waals surface area contributed by atoms with Crippen LogP contribution in [0.25, 0.3) is 0 Å². The van der Waals surface area contributed by atoms with Crippen LogP contribution in [0.5, 0.6) is 0 Å². The Morgan fingerprint density at radius 3 is 2.11 bits per heavy atom. The lowest BCUT2D eigenvalue weighted by molar-refractivity contribution is -0.137. The molecule has 0 amide bonds. The number of rotatable bonds is 4. The molecule has 0 bridgehead atoms. The predicted molar refractivity (Wildman–Crippen MR) is 66.3 cm³/mol. The average Bonchev–Trinajstić information content (AvgIpc) is 2.43. The van der Waals surface area contributed by atoms with Gasteiger partial charge in [-0.15, -0.1) is 0 Å². The van der Waals surface area contributed by atoms with Gasteiger partial charge >= 0.3 is 11.9 Å². The third kappa shape index (κ3) is 3.35. The minimum Gasteiger partial charge on any atom is -0.466 e. The minimum absolute atomic E-state index is 0.233. The molecule has 1 aliphatic rings. The number of ether oxygens (including phenoxy) is 2. The quantitative estimate of drug-likeness (QED) is 0.704. The van der Waals surface area contributed by atoms with Crippen LogP contribution in [0.3, 0.4) is 0 Å². The Balaban J connectivity index is 3.12. The van der Waals surface area contributed by atoms with Crippen LogP contribution in [0, 0.1) is 17.2 Å². The summed E-state index contributed by atoms with van der Waals surface area (Å²) in [7, 11) is 4.26. The van der Waals surface area contributed by atoms with Gasteiger partial charge in [0.15, 0.2) is 0 Å². The molecule has 0 unspecified atom stereocenters. The van der Waals surface area contributed by atoms with Gasteiger partial charge in [-0.05, 0) is 6.42 Å². The van der Waals surface area contributed by atoms with Crippen LogP contribution in [0.2, 0.25) is 0 Å². The van der Waals surface area contributed by atoms with E-state index < -0.39 is 17.9 Å². The first-order valence-corrected chi connectivity index (χ1v) is 5.74. The van der Waals surface area contributed by atoms with Gasteiger partial charge in [0.1, 0.15) is 0 Å². The number of nitriles is 1. The molecule has 19 heavy (non-hydrogen) atoms. The van der Waals surface area contributed by atoms with Crippen LogP contribution in [0.4, 0.5) is 0 Å². The van der Waals surface area contributed by atoms with Crippen molar-refractivity contribution < 1.29 is 19.1 Å². The van der Waals surface area contributed by atoms with Gasteiger partial charge in [-0.1, -0.05) is 0 Å². The van der Waals surface area contributed by atoms with Crippen molar-refractivity contribution in [2.24, 2.45) is 5.92 Å². The summed E-state index contributed by atoms with van der Waals surface area (Å²) in [6.07, 6.45) is 3.80. The molecule has 1 aliphatic heterocycles. The fourth-order valence-electron chi connectivity index (χ4n) is 1.97. The molecular formula is C13H16N2O4. The summed E-state index contributed by atoms with van der Waals surface area (Å²) in [5, 5.41) is 8.68.